The summed E-state index contributed by atoms with van der Waals surface area (Å²) in [6, 6.07) is 20.4. The van der Waals surface area contributed by atoms with Crippen LogP contribution in [0.25, 0.3) is 0 Å². The van der Waals surface area contributed by atoms with E-state index in [2.05, 4.69) is 22.2 Å². The number of aliphatic hydroxyl groups is 1. The van der Waals surface area contributed by atoms with Crippen molar-refractivity contribution in [1.29, 1.82) is 0 Å². The second kappa shape index (κ2) is 10.1. The van der Waals surface area contributed by atoms with Gasteiger partial charge in [-0.25, -0.2) is 13.8 Å². The van der Waals surface area contributed by atoms with Gasteiger partial charge in [-0.15, -0.1) is 0 Å². The van der Waals surface area contributed by atoms with Crippen LogP contribution in [0, 0.1) is 11.6 Å². The van der Waals surface area contributed by atoms with Crippen LogP contribution in [-0.4, -0.2) is 29.4 Å². The van der Waals surface area contributed by atoms with Crippen molar-refractivity contribution in [3.8, 4) is 0 Å². The third-order valence-electron chi connectivity index (χ3n) is 5.34. The van der Waals surface area contributed by atoms with Crippen molar-refractivity contribution < 1.29 is 13.9 Å². The quantitative estimate of drug-likeness (QED) is 0.330. The monoisotopic (exact) mass is 447 g/mol. The molecule has 0 aliphatic carbocycles. The van der Waals surface area contributed by atoms with Crippen LogP contribution in [0.4, 0.5) is 8.78 Å². The van der Waals surface area contributed by atoms with E-state index in [1.807, 2.05) is 16.8 Å². The van der Waals surface area contributed by atoms with E-state index in [4.69, 9.17) is 0 Å². The summed E-state index contributed by atoms with van der Waals surface area (Å²) in [6.07, 6.45) is 6.47. The summed E-state index contributed by atoms with van der Waals surface area (Å²) in [6.45, 7) is 0. The summed E-state index contributed by atoms with van der Waals surface area (Å²) in [5.41, 5.74) is 2.57. The topological polar surface area (TPSA) is 50.9 Å². The van der Waals surface area contributed by atoms with Crippen molar-refractivity contribution in [2.75, 3.05) is 0 Å². The Balaban J connectivity index is 1.53. The van der Waals surface area contributed by atoms with Gasteiger partial charge in [0.05, 0.1) is 15.4 Å². The highest BCUT2D eigenvalue weighted by molar-refractivity contribution is 6.52. The van der Waals surface area contributed by atoms with Crippen molar-refractivity contribution in [3.05, 3.63) is 126 Å². The fraction of sp³-hybridized carbons (Fsp3) is 0.120. The number of hydrogen-bond acceptors (Lipinski definition) is 3. The van der Waals surface area contributed by atoms with E-state index >= 15 is 0 Å². The predicted molar refractivity (Wildman–Crippen MR) is 124 cm³/mol. The van der Waals surface area contributed by atoms with Crippen molar-refractivity contribution in [3.63, 3.8) is 0 Å². The first-order valence-electron chi connectivity index (χ1n) is 10.4. The fourth-order valence-electron chi connectivity index (χ4n) is 3.69. The highest BCUT2D eigenvalue weighted by Gasteiger charge is 2.19. The van der Waals surface area contributed by atoms with E-state index in [1.165, 1.54) is 35.8 Å². The molecule has 0 radical (unpaired) electrons. The first-order valence-corrected chi connectivity index (χ1v) is 12.1. The van der Waals surface area contributed by atoms with Crippen molar-refractivity contribution in [1.82, 2.24) is 14.8 Å². The molecular weight excluding hydrogens is 424 g/mol. The molecule has 4 rings (SSSR count). The van der Waals surface area contributed by atoms with Gasteiger partial charge in [0.2, 0.25) is 0 Å². The molecule has 0 atom stereocenters. The Bertz CT molecular complexity index is 1130. The molecule has 1 aromatic heterocycles. The molecule has 0 fully saturated rings. The Morgan fingerprint density at radius 2 is 1.62 bits per heavy atom. The summed E-state index contributed by atoms with van der Waals surface area (Å²) in [5.74, 6) is -1.04. The van der Waals surface area contributed by atoms with Gasteiger partial charge in [0.15, 0.2) is 0 Å². The number of halogens is 2. The molecule has 0 saturated heterocycles. The van der Waals surface area contributed by atoms with Crippen molar-refractivity contribution in [2.24, 2.45) is 0 Å². The summed E-state index contributed by atoms with van der Waals surface area (Å²) < 4.78 is 28.7. The van der Waals surface area contributed by atoms with Gasteiger partial charge in [-0.3, -0.25) is 4.68 Å². The molecule has 7 heteroatoms. The largest absolute Gasteiger partial charge is 0.512 e. The van der Waals surface area contributed by atoms with Crippen LogP contribution in [0.2, 0.25) is 0 Å². The Morgan fingerprint density at radius 3 is 2.22 bits per heavy atom. The van der Waals surface area contributed by atoms with E-state index in [-0.39, 0.29) is 17.4 Å². The van der Waals surface area contributed by atoms with Crippen LogP contribution in [0.5, 0.6) is 0 Å². The second-order valence-corrected chi connectivity index (χ2v) is 9.36. The van der Waals surface area contributed by atoms with Crippen LogP contribution in [-0.2, 0) is 12.6 Å². The molecule has 4 nitrogen and oxygen atoms in total. The number of hydrogen-bond donors (Lipinski definition) is 1. The molecular formula is C25H23F2N3OSi. The number of aliphatic hydroxyl groups excluding tert-OH is 1. The van der Waals surface area contributed by atoms with Gasteiger partial charge in [0.25, 0.3) is 0 Å². The molecule has 0 unspecified atom stereocenters. The minimum Gasteiger partial charge on any atom is -0.512 e. The van der Waals surface area contributed by atoms with Gasteiger partial charge in [-0.1, -0.05) is 53.7 Å². The number of benzene rings is 3. The van der Waals surface area contributed by atoms with Gasteiger partial charge in [0, 0.05) is 6.17 Å². The maximum atomic E-state index is 13.4. The third kappa shape index (κ3) is 5.56. The standard InChI is InChI=1S/C25H23F2N3OSi/c26-21-9-5-19(6-10-21)25(20-7-11-22(27)12-8-20)24(31)13-4-18-2-1-3-23(14-18)32-17-30-16-28-15-29-30/h1-3,5-16,25,31H,4,17,32H2. The number of allylic oxidation sites excluding steroid dienone is 2. The molecule has 0 bridgehead atoms. The van der Waals surface area contributed by atoms with Crippen LogP contribution in [0.3, 0.4) is 0 Å². The Morgan fingerprint density at radius 1 is 0.969 bits per heavy atom. The van der Waals surface area contributed by atoms with Crippen LogP contribution in [0.1, 0.15) is 22.6 Å². The summed E-state index contributed by atoms with van der Waals surface area (Å²) in [5, 5.41) is 16.4. The zero-order valence-electron chi connectivity index (χ0n) is 17.4. The first kappa shape index (κ1) is 21.6. The lowest BCUT2D eigenvalue weighted by Gasteiger charge is -2.18. The molecule has 32 heavy (non-hydrogen) atoms. The molecule has 162 valence electrons. The van der Waals surface area contributed by atoms with Gasteiger partial charge in [-0.05, 0) is 53.5 Å². The van der Waals surface area contributed by atoms with E-state index in [9.17, 15) is 13.9 Å². The number of nitrogens with zero attached hydrogens (tertiary/aromatic N) is 3. The van der Waals surface area contributed by atoms with E-state index in [1.54, 1.807) is 36.7 Å². The molecule has 1 N–H and O–H groups in total. The predicted octanol–water partition coefficient (Wildman–Crippen LogP) is 3.82. The fourth-order valence-corrected chi connectivity index (χ4v) is 5.12. The smallest absolute Gasteiger partial charge is 0.137 e. The molecule has 3 aromatic carbocycles. The maximum absolute atomic E-state index is 13.4. The molecule has 0 saturated carbocycles. The SMILES string of the molecule is OC(=CCc1cccc([SiH2]Cn2cncn2)c1)C(c1ccc(F)cc1)c1ccc(F)cc1. The normalized spacial score (nSPS) is 12.2. The van der Waals surface area contributed by atoms with Gasteiger partial charge in [0.1, 0.15) is 30.0 Å². The Kier molecular flexibility index (Phi) is 6.86. The molecule has 0 spiro atoms. The maximum Gasteiger partial charge on any atom is 0.137 e. The average molecular weight is 448 g/mol. The molecule has 1 heterocycles. The second-order valence-electron chi connectivity index (χ2n) is 7.60. The van der Waals surface area contributed by atoms with E-state index in [0.29, 0.717) is 6.42 Å². The molecule has 0 aliphatic heterocycles. The highest BCUT2D eigenvalue weighted by atomic mass is 28.2. The lowest BCUT2D eigenvalue weighted by Crippen LogP contribution is -2.20. The average Bonchev–Trinajstić information content (AvgIpc) is 3.33. The molecule has 4 aromatic rings. The molecule has 0 aliphatic rings. The van der Waals surface area contributed by atoms with Gasteiger partial charge >= 0.3 is 0 Å². The van der Waals surface area contributed by atoms with Gasteiger partial charge < -0.3 is 5.11 Å². The van der Waals surface area contributed by atoms with Gasteiger partial charge in [-0.2, -0.15) is 5.10 Å². The Hall–Kier alpha value is -3.58. The highest BCUT2D eigenvalue weighted by Crippen LogP contribution is 2.31. The summed E-state index contributed by atoms with van der Waals surface area (Å²) in [7, 11) is -0.539. The lowest BCUT2D eigenvalue weighted by molar-refractivity contribution is 0.379. The number of aromatic nitrogens is 3. The minimum absolute atomic E-state index is 0.147. The first-order chi connectivity index (χ1) is 15.6. The van der Waals surface area contributed by atoms with E-state index in [0.717, 1.165) is 22.9 Å². The Labute approximate surface area is 187 Å². The lowest BCUT2D eigenvalue weighted by atomic mass is 9.89. The minimum atomic E-state index is -0.539. The van der Waals surface area contributed by atoms with E-state index < -0.39 is 15.4 Å². The summed E-state index contributed by atoms with van der Waals surface area (Å²) in [4.78, 5) is 3.97. The third-order valence-corrected chi connectivity index (χ3v) is 7.04. The number of rotatable bonds is 8. The van der Waals surface area contributed by atoms with Crippen LogP contribution < -0.4 is 5.19 Å². The van der Waals surface area contributed by atoms with Crippen molar-refractivity contribution >= 4 is 14.7 Å². The molecule has 0 amide bonds. The van der Waals surface area contributed by atoms with Crippen molar-refractivity contribution in [2.45, 2.75) is 18.5 Å². The summed E-state index contributed by atoms with van der Waals surface area (Å²) >= 11 is 0. The van der Waals surface area contributed by atoms with Crippen LogP contribution in [0.15, 0.2) is 97.3 Å². The van der Waals surface area contributed by atoms with Crippen LogP contribution >= 0.6 is 0 Å². The zero-order chi connectivity index (χ0) is 22.3. The zero-order valence-corrected chi connectivity index (χ0v) is 18.8.